The van der Waals surface area contributed by atoms with Gasteiger partial charge in [-0.2, -0.15) is 0 Å². The van der Waals surface area contributed by atoms with Crippen molar-refractivity contribution in [2.75, 3.05) is 6.61 Å². The van der Waals surface area contributed by atoms with E-state index in [1.165, 1.54) is 11.3 Å². The van der Waals surface area contributed by atoms with Crippen LogP contribution in [0, 0.1) is 17.8 Å². The molecule has 0 radical (unpaired) electrons. The third-order valence-electron chi connectivity index (χ3n) is 2.70. The van der Waals surface area contributed by atoms with Gasteiger partial charge in [0.15, 0.2) is 0 Å². The molecule has 0 saturated heterocycles. The number of carbonyl (C=O) groups is 1. The van der Waals surface area contributed by atoms with Gasteiger partial charge in [-0.1, -0.05) is 18.8 Å². The zero-order valence-corrected chi connectivity index (χ0v) is 10.5. The first kappa shape index (κ1) is 12.2. The van der Waals surface area contributed by atoms with Gasteiger partial charge in [-0.3, -0.25) is 4.79 Å². The van der Waals surface area contributed by atoms with Crippen molar-refractivity contribution in [3.05, 3.63) is 21.9 Å². The SMILES string of the molecule is CC1CC1NC(=O)c1ccc(C#CCCO)s1. The van der Waals surface area contributed by atoms with E-state index < -0.39 is 0 Å². The van der Waals surface area contributed by atoms with Crippen LogP contribution in [0.3, 0.4) is 0 Å². The van der Waals surface area contributed by atoms with Crippen molar-refractivity contribution in [1.82, 2.24) is 5.32 Å². The number of hydrogen-bond acceptors (Lipinski definition) is 3. The minimum absolute atomic E-state index is 0.000409. The van der Waals surface area contributed by atoms with Gasteiger partial charge in [0.2, 0.25) is 0 Å². The Balaban J connectivity index is 1.93. The van der Waals surface area contributed by atoms with Gasteiger partial charge in [0.1, 0.15) is 0 Å². The molecule has 2 N–H and O–H groups in total. The van der Waals surface area contributed by atoms with Crippen LogP contribution in [0.15, 0.2) is 12.1 Å². The fourth-order valence-corrected chi connectivity index (χ4v) is 2.28. The summed E-state index contributed by atoms with van der Waals surface area (Å²) in [4.78, 5) is 13.4. The molecule has 1 saturated carbocycles. The number of hydrogen-bond donors (Lipinski definition) is 2. The third-order valence-corrected chi connectivity index (χ3v) is 3.70. The van der Waals surface area contributed by atoms with Crippen LogP contribution < -0.4 is 5.32 Å². The van der Waals surface area contributed by atoms with Gasteiger partial charge < -0.3 is 10.4 Å². The first-order valence-corrected chi connectivity index (χ1v) is 6.53. The Labute approximate surface area is 105 Å². The third kappa shape index (κ3) is 3.32. The van der Waals surface area contributed by atoms with Crippen molar-refractivity contribution < 1.29 is 9.90 Å². The van der Waals surface area contributed by atoms with Gasteiger partial charge in [0, 0.05) is 12.5 Å². The lowest BCUT2D eigenvalue weighted by Gasteiger charge is -1.99. The highest BCUT2D eigenvalue weighted by molar-refractivity contribution is 7.14. The maximum absolute atomic E-state index is 11.8. The van der Waals surface area contributed by atoms with Gasteiger partial charge in [-0.05, 0) is 24.5 Å². The molecular formula is C13H15NO2S. The van der Waals surface area contributed by atoms with Crippen molar-refractivity contribution >= 4 is 17.2 Å². The second-order valence-electron chi connectivity index (χ2n) is 4.23. The van der Waals surface area contributed by atoms with E-state index in [-0.39, 0.29) is 12.5 Å². The predicted octanol–water partition coefficient (Wildman–Crippen LogP) is 1.62. The van der Waals surface area contributed by atoms with E-state index >= 15 is 0 Å². The normalized spacial score (nSPS) is 21.5. The Morgan fingerprint density at radius 2 is 2.41 bits per heavy atom. The molecule has 4 heteroatoms. The summed E-state index contributed by atoms with van der Waals surface area (Å²) in [7, 11) is 0. The Hall–Kier alpha value is -1.31. The number of carbonyl (C=O) groups excluding carboxylic acids is 1. The first-order valence-electron chi connectivity index (χ1n) is 5.71. The molecule has 17 heavy (non-hydrogen) atoms. The molecule has 0 spiro atoms. The Morgan fingerprint density at radius 3 is 3.06 bits per heavy atom. The van der Waals surface area contributed by atoms with Crippen LogP contribution in [0.1, 0.15) is 34.3 Å². The zero-order chi connectivity index (χ0) is 12.3. The summed E-state index contributed by atoms with van der Waals surface area (Å²) in [5.74, 6) is 6.38. The molecule has 1 fully saturated rings. The molecule has 1 aromatic heterocycles. The molecule has 1 amide bonds. The topological polar surface area (TPSA) is 49.3 Å². The van der Waals surface area contributed by atoms with Crippen molar-refractivity contribution in [3.63, 3.8) is 0 Å². The van der Waals surface area contributed by atoms with E-state index in [1.54, 1.807) is 6.07 Å². The minimum atomic E-state index is -0.000409. The number of thiophene rings is 1. The quantitative estimate of drug-likeness (QED) is 0.800. The molecule has 90 valence electrons. The van der Waals surface area contributed by atoms with Crippen LogP contribution in [0.2, 0.25) is 0 Å². The number of rotatable bonds is 3. The second kappa shape index (κ2) is 5.35. The molecule has 0 aliphatic heterocycles. The van der Waals surface area contributed by atoms with E-state index in [0.717, 1.165) is 11.3 Å². The standard InChI is InChI=1S/C13H15NO2S/c1-9-8-11(9)14-13(16)12-6-5-10(17-12)4-2-3-7-15/h5-6,9,11,15H,3,7-8H2,1H3,(H,14,16). The fraction of sp³-hybridized carbons (Fsp3) is 0.462. The van der Waals surface area contributed by atoms with Gasteiger partial charge in [0.05, 0.1) is 16.4 Å². The van der Waals surface area contributed by atoms with Gasteiger partial charge >= 0.3 is 0 Å². The van der Waals surface area contributed by atoms with E-state index in [0.29, 0.717) is 23.3 Å². The summed E-state index contributed by atoms with van der Waals surface area (Å²) in [6, 6.07) is 4.00. The van der Waals surface area contributed by atoms with E-state index in [2.05, 4.69) is 24.1 Å². The van der Waals surface area contributed by atoms with Crippen LogP contribution >= 0.6 is 11.3 Å². The average molecular weight is 249 g/mol. The summed E-state index contributed by atoms with van der Waals surface area (Å²) in [6.45, 7) is 2.20. The van der Waals surface area contributed by atoms with Gasteiger partial charge in [-0.25, -0.2) is 0 Å². The zero-order valence-electron chi connectivity index (χ0n) is 9.69. The van der Waals surface area contributed by atoms with Crippen LogP contribution in [0.4, 0.5) is 0 Å². The summed E-state index contributed by atoms with van der Waals surface area (Å²) in [5.41, 5.74) is 0. The lowest BCUT2D eigenvalue weighted by Crippen LogP contribution is -2.25. The van der Waals surface area contributed by atoms with E-state index in [1.807, 2.05) is 6.07 Å². The highest BCUT2D eigenvalue weighted by Gasteiger charge is 2.34. The molecule has 3 nitrogen and oxygen atoms in total. The molecule has 0 aromatic carbocycles. The van der Waals surface area contributed by atoms with Crippen LogP contribution in [-0.4, -0.2) is 23.7 Å². The van der Waals surface area contributed by atoms with Crippen LogP contribution in [0.25, 0.3) is 0 Å². The highest BCUT2D eigenvalue weighted by Crippen LogP contribution is 2.29. The van der Waals surface area contributed by atoms with Crippen molar-refractivity contribution in [3.8, 4) is 11.8 Å². The van der Waals surface area contributed by atoms with Gasteiger partial charge in [-0.15, -0.1) is 11.3 Å². The second-order valence-corrected chi connectivity index (χ2v) is 5.32. The van der Waals surface area contributed by atoms with Crippen molar-refractivity contribution in [1.29, 1.82) is 0 Å². The molecule has 2 rings (SSSR count). The number of aliphatic hydroxyl groups is 1. The number of aliphatic hydroxyl groups excluding tert-OH is 1. The lowest BCUT2D eigenvalue weighted by molar-refractivity contribution is 0.0953. The molecule has 0 bridgehead atoms. The Bertz CT molecular complexity index is 469. The molecule has 1 aromatic rings. The fourth-order valence-electron chi connectivity index (χ4n) is 1.50. The number of amides is 1. The monoisotopic (exact) mass is 249 g/mol. The Morgan fingerprint density at radius 1 is 1.65 bits per heavy atom. The predicted molar refractivity (Wildman–Crippen MR) is 67.9 cm³/mol. The van der Waals surface area contributed by atoms with Crippen molar-refractivity contribution in [2.24, 2.45) is 5.92 Å². The summed E-state index contributed by atoms with van der Waals surface area (Å²) in [6.07, 6.45) is 1.55. The smallest absolute Gasteiger partial charge is 0.261 e. The molecule has 1 aliphatic rings. The number of nitrogens with one attached hydrogen (secondary N) is 1. The average Bonchev–Trinajstić information content (AvgIpc) is 2.82. The summed E-state index contributed by atoms with van der Waals surface area (Å²) < 4.78 is 0. The van der Waals surface area contributed by atoms with Crippen molar-refractivity contribution in [2.45, 2.75) is 25.8 Å². The highest BCUT2D eigenvalue weighted by atomic mass is 32.1. The molecule has 1 heterocycles. The van der Waals surface area contributed by atoms with Crippen LogP contribution in [0.5, 0.6) is 0 Å². The van der Waals surface area contributed by atoms with Crippen LogP contribution in [-0.2, 0) is 0 Å². The molecule has 1 aliphatic carbocycles. The lowest BCUT2D eigenvalue weighted by atomic mass is 10.3. The molecule has 2 atom stereocenters. The molecule has 2 unspecified atom stereocenters. The summed E-state index contributed by atoms with van der Waals surface area (Å²) >= 11 is 1.40. The first-order chi connectivity index (χ1) is 8.20. The maximum Gasteiger partial charge on any atom is 0.261 e. The summed E-state index contributed by atoms with van der Waals surface area (Å²) in [5, 5.41) is 11.6. The molecular weight excluding hydrogens is 234 g/mol. The van der Waals surface area contributed by atoms with E-state index in [4.69, 9.17) is 5.11 Å². The maximum atomic E-state index is 11.8. The largest absolute Gasteiger partial charge is 0.395 e. The van der Waals surface area contributed by atoms with E-state index in [9.17, 15) is 4.79 Å². The minimum Gasteiger partial charge on any atom is -0.395 e. The Kier molecular flexibility index (Phi) is 3.82. The van der Waals surface area contributed by atoms with Gasteiger partial charge in [0.25, 0.3) is 5.91 Å².